The van der Waals surface area contributed by atoms with E-state index in [-0.39, 0.29) is 22.9 Å². The minimum Gasteiger partial charge on any atom is -0.494 e. The van der Waals surface area contributed by atoms with Crippen LogP contribution in [0.4, 0.5) is 4.39 Å². The summed E-state index contributed by atoms with van der Waals surface area (Å²) in [5.41, 5.74) is 1.23. The highest BCUT2D eigenvalue weighted by Crippen LogP contribution is 2.39. The lowest BCUT2D eigenvalue weighted by Crippen LogP contribution is -2.32. The number of benzene rings is 2. The highest BCUT2D eigenvalue weighted by molar-refractivity contribution is 8.00. The number of tetrazole rings is 1. The summed E-state index contributed by atoms with van der Waals surface area (Å²) in [5.74, 6) is 1.18. The lowest BCUT2D eigenvalue weighted by atomic mass is 10.2. The van der Waals surface area contributed by atoms with E-state index in [1.54, 1.807) is 46.7 Å². The molecule has 0 bridgehead atoms. The molecule has 1 fully saturated rings. The Hall–Kier alpha value is -2.59. The predicted octanol–water partition coefficient (Wildman–Crippen LogP) is 3.18. The Kier molecular flexibility index (Phi) is 6.00. The molecule has 1 amide bonds. The third-order valence-corrected chi connectivity index (χ3v) is 6.61. The summed E-state index contributed by atoms with van der Waals surface area (Å²) < 4.78 is 21.1. The molecule has 1 atom stereocenters. The van der Waals surface area contributed by atoms with Crippen LogP contribution in [0.5, 0.6) is 5.75 Å². The second-order valence-corrected chi connectivity index (χ2v) is 8.30. The SMILES string of the molecule is COc1ccccc1-n1nnnc1SCC(=O)N1CCS[C@H]1c1ccccc1F. The minimum absolute atomic E-state index is 0.0807. The maximum Gasteiger partial charge on any atom is 0.234 e. The van der Waals surface area contributed by atoms with Crippen molar-refractivity contribution >= 4 is 29.4 Å². The average Bonchev–Trinajstić information content (AvgIpc) is 3.42. The Labute approximate surface area is 175 Å². The molecular formula is C19H18FN5O2S2. The summed E-state index contributed by atoms with van der Waals surface area (Å²) in [4.78, 5) is 14.6. The van der Waals surface area contributed by atoms with Gasteiger partial charge in [0.05, 0.1) is 12.9 Å². The highest BCUT2D eigenvalue weighted by Gasteiger charge is 2.32. The van der Waals surface area contributed by atoms with Gasteiger partial charge in [-0.05, 0) is 28.6 Å². The van der Waals surface area contributed by atoms with Gasteiger partial charge in [0.2, 0.25) is 11.1 Å². The largest absolute Gasteiger partial charge is 0.494 e. The third kappa shape index (κ3) is 4.08. The molecule has 1 aliphatic rings. The van der Waals surface area contributed by atoms with Crippen LogP contribution in [-0.4, -0.2) is 56.2 Å². The van der Waals surface area contributed by atoms with Gasteiger partial charge in [-0.3, -0.25) is 4.79 Å². The Morgan fingerprint density at radius 3 is 2.90 bits per heavy atom. The number of carbonyl (C=O) groups excluding carboxylic acids is 1. The molecule has 29 heavy (non-hydrogen) atoms. The molecule has 0 aliphatic carbocycles. The average molecular weight is 432 g/mol. The van der Waals surface area contributed by atoms with Crippen LogP contribution in [0.3, 0.4) is 0 Å². The molecule has 0 saturated carbocycles. The molecule has 2 aromatic carbocycles. The Balaban J connectivity index is 1.48. The van der Waals surface area contributed by atoms with Crippen molar-refractivity contribution in [1.29, 1.82) is 0 Å². The van der Waals surface area contributed by atoms with E-state index in [1.165, 1.54) is 17.8 Å². The molecule has 10 heteroatoms. The number of ether oxygens (including phenoxy) is 1. The molecule has 7 nitrogen and oxygen atoms in total. The molecule has 1 saturated heterocycles. The summed E-state index contributed by atoms with van der Waals surface area (Å²) in [5, 5.41) is 12.0. The van der Waals surface area contributed by atoms with Gasteiger partial charge in [0, 0.05) is 17.9 Å². The maximum atomic E-state index is 14.2. The van der Waals surface area contributed by atoms with Crippen LogP contribution < -0.4 is 4.74 Å². The van der Waals surface area contributed by atoms with Gasteiger partial charge in [0.15, 0.2) is 0 Å². The van der Waals surface area contributed by atoms with Crippen molar-refractivity contribution in [2.75, 3.05) is 25.2 Å². The molecule has 1 aromatic heterocycles. The number of hydrogen-bond acceptors (Lipinski definition) is 7. The lowest BCUT2D eigenvalue weighted by Gasteiger charge is -2.24. The van der Waals surface area contributed by atoms with Crippen molar-refractivity contribution < 1.29 is 13.9 Å². The van der Waals surface area contributed by atoms with Crippen molar-refractivity contribution in [2.45, 2.75) is 10.5 Å². The van der Waals surface area contributed by atoms with Crippen molar-refractivity contribution in [2.24, 2.45) is 0 Å². The minimum atomic E-state index is -0.311. The van der Waals surface area contributed by atoms with Crippen LogP contribution in [0.2, 0.25) is 0 Å². The van der Waals surface area contributed by atoms with E-state index in [0.29, 0.717) is 28.7 Å². The van der Waals surface area contributed by atoms with Crippen LogP contribution in [-0.2, 0) is 4.79 Å². The van der Waals surface area contributed by atoms with Gasteiger partial charge in [-0.25, -0.2) is 4.39 Å². The van der Waals surface area contributed by atoms with Gasteiger partial charge in [0.25, 0.3) is 0 Å². The predicted molar refractivity (Wildman–Crippen MR) is 110 cm³/mol. The highest BCUT2D eigenvalue weighted by atomic mass is 32.2. The summed E-state index contributed by atoms with van der Waals surface area (Å²) >= 11 is 2.81. The molecule has 3 aromatic rings. The van der Waals surface area contributed by atoms with Gasteiger partial charge in [-0.1, -0.05) is 42.1 Å². The Bertz CT molecular complexity index is 1020. The number of nitrogens with zero attached hydrogens (tertiary/aromatic N) is 5. The monoisotopic (exact) mass is 431 g/mol. The van der Waals surface area contributed by atoms with E-state index in [0.717, 1.165) is 5.75 Å². The normalized spacial score (nSPS) is 16.2. The zero-order valence-electron chi connectivity index (χ0n) is 15.6. The number of hydrogen-bond donors (Lipinski definition) is 0. The zero-order valence-corrected chi connectivity index (χ0v) is 17.2. The van der Waals surface area contributed by atoms with Gasteiger partial charge in [-0.15, -0.1) is 16.9 Å². The van der Waals surface area contributed by atoms with Gasteiger partial charge < -0.3 is 9.64 Å². The first-order chi connectivity index (χ1) is 14.2. The molecule has 150 valence electrons. The summed E-state index contributed by atoms with van der Waals surface area (Å²) in [6.45, 7) is 0.584. The van der Waals surface area contributed by atoms with E-state index >= 15 is 0 Å². The topological polar surface area (TPSA) is 73.1 Å². The fourth-order valence-corrected chi connectivity index (χ4v) is 5.16. The Morgan fingerprint density at radius 1 is 1.28 bits per heavy atom. The molecule has 0 spiro atoms. The van der Waals surface area contributed by atoms with Crippen LogP contribution in [0.25, 0.3) is 5.69 Å². The molecule has 4 rings (SSSR count). The van der Waals surface area contributed by atoms with E-state index in [2.05, 4.69) is 15.5 Å². The summed E-state index contributed by atoms with van der Waals surface area (Å²) in [6, 6.07) is 14.0. The fourth-order valence-electron chi connectivity index (χ4n) is 3.09. The van der Waals surface area contributed by atoms with Crippen molar-refractivity contribution in [1.82, 2.24) is 25.1 Å². The summed E-state index contributed by atoms with van der Waals surface area (Å²) in [7, 11) is 1.58. The van der Waals surface area contributed by atoms with Gasteiger partial charge in [0.1, 0.15) is 22.6 Å². The van der Waals surface area contributed by atoms with E-state index in [9.17, 15) is 9.18 Å². The number of carbonyl (C=O) groups is 1. The molecule has 0 N–H and O–H groups in total. The zero-order chi connectivity index (χ0) is 20.2. The maximum absolute atomic E-state index is 14.2. The van der Waals surface area contributed by atoms with Crippen molar-refractivity contribution in [3.63, 3.8) is 0 Å². The van der Waals surface area contributed by atoms with E-state index < -0.39 is 0 Å². The number of thioether (sulfide) groups is 2. The van der Waals surface area contributed by atoms with Crippen LogP contribution in [0.15, 0.2) is 53.7 Å². The Morgan fingerprint density at radius 2 is 2.07 bits per heavy atom. The fraction of sp³-hybridized carbons (Fsp3) is 0.263. The van der Waals surface area contributed by atoms with Crippen LogP contribution >= 0.6 is 23.5 Å². The van der Waals surface area contributed by atoms with Gasteiger partial charge >= 0.3 is 0 Å². The number of para-hydroxylation sites is 2. The quantitative estimate of drug-likeness (QED) is 0.555. The molecule has 0 radical (unpaired) electrons. The van der Waals surface area contributed by atoms with Crippen molar-refractivity contribution in [3.05, 3.63) is 59.9 Å². The third-order valence-electron chi connectivity index (χ3n) is 4.46. The van der Waals surface area contributed by atoms with Crippen LogP contribution in [0, 0.1) is 5.82 Å². The number of rotatable bonds is 6. The second kappa shape index (κ2) is 8.83. The van der Waals surface area contributed by atoms with Gasteiger partial charge in [-0.2, -0.15) is 4.68 Å². The van der Waals surface area contributed by atoms with Crippen LogP contribution in [0.1, 0.15) is 10.9 Å². The first kappa shape index (κ1) is 19.7. The molecular weight excluding hydrogens is 413 g/mol. The first-order valence-electron chi connectivity index (χ1n) is 8.89. The second-order valence-electron chi connectivity index (χ2n) is 6.17. The van der Waals surface area contributed by atoms with Crippen molar-refractivity contribution in [3.8, 4) is 11.4 Å². The standard InChI is InChI=1S/C19H18FN5O2S2/c1-27-16-9-5-4-8-15(16)25-19(21-22-23-25)29-12-17(26)24-10-11-28-18(24)13-6-2-3-7-14(13)20/h2-9,18H,10-12H2,1H3/t18-/m0/s1. The van der Waals surface area contributed by atoms with E-state index in [1.807, 2.05) is 24.3 Å². The van der Waals surface area contributed by atoms with E-state index in [4.69, 9.17) is 4.74 Å². The molecule has 0 unspecified atom stereocenters. The number of methoxy groups -OCH3 is 1. The lowest BCUT2D eigenvalue weighted by molar-refractivity contribution is -0.128. The number of aromatic nitrogens is 4. The molecule has 2 heterocycles. The number of amides is 1. The number of halogens is 1. The summed E-state index contributed by atoms with van der Waals surface area (Å²) in [6.07, 6.45) is 0. The first-order valence-corrected chi connectivity index (χ1v) is 10.9. The molecule has 1 aliphatic heterocycles. The smallest absolute Gasteiger partial charge is 0.234 e.